The van der Waals surface area contributed by atoms with Crippen molar-refractivity contribution in [2.45, 2.75) is 53.8 Å². The quantitative estimate of drug-likeness (QED) is 0.739. The Labute approximate surface area is 154 Å². The van der Waals surface area contributed by atoms with Gasteiger partial charge in [0.2, 0.25) is 0 Å². The highest BCUT2D eigenvalue weighted by Crippen LogP contribution is 2.32. The molecular weight excluding hydrogens is 330 g/mol. The monoisotopic (exact) mass is 355 g/mol. The van der Waals surface area contributed by atoms with Gasteiger partial charge in [-0.25, -0.2) is 9.59 Å². The fourth-order valence-electron chi connectivity index (χ4n) is 2.79. The molecule has 0 bridgehead atoms. The molecule has 5 heteroatoms. The Kier molecular flexibility index (Phi) is 6.14. The zero-order valence-corrected chi connectivity index (χ0v) is 16.1. The van der Waals surface area contributed by atoms with Gasteiger partial charge in [-0.1, -0.05) is 30.3 Å². The van der Waals surface area contributed by atoms with Gasteiger partial charge in [0.1, 0.15) is 0 Å². The lowest BCUT2D eigenvalue weighted by Crippen LogP contribution is -2.20. The lowest BCUT2D eigenvalue weighted by Gasteiger charge is -2.19. The smallest absolute Gasteiger partial charge is 0.340 e. The van der Waals surface area contributed by atoms with Crippen molar-refractivity contribution in [3.63, 3.8) is 0 Å². The number of carbonyl (C=O) groups is 2. The second kappa shape index (κ2) is 8.13. The summed E-state index contributed by atoms with van der Waals surface area (Å²) >= 11 is 0. The molecule has 2 rings (SSSR count). The first kappa shape index (κ1) is 19.6. The Morgan fingerprint density at radius 1 is 0.808 bits per heavy atom. The first-order valence-electron chi connectivity index (χ1n) is 8.71. The standard InChI is InChI=1S/C21H25NO4/c1-12(2)25-20(23)17-14(5)22-15(6)18(21(24)26-13(3)4)19(17)16-10-8-7-9-11-16/h7-13H,1-6H3. The van der Waals surface area contributed by atoms with Crippen molar-refractivity contribution < 1.29 is 19.1 Å². The van der Waals surface area contributed by atoms with E-state index in [9.17, 15) is 9.59 Å². The maximum atomic E-state index is 12.8. The topological polar surface area (TPSA) is 65.5 Å². The Morgan fingerprint density at radius 2 is 1.23 bits per heavy atom. The largest absolute Gasteiger partial charge is 0.459 e. The molecule has 1 heterocycles. The van der Waals surface area contributed by atoms with E-state index in [1.54, 1.807) is 41.5 Å². The third kappa shape index (κ3) is 4.28. The lowest BCUT2D eigenvalue weighted by atomic mass is 9.92. The second-order valence-electron chi connectivity index (χ2n) is 6.68. The van der Waals surface area contributed by atoms with Crippen LogP contribution in [0.4, 0.5) is 0 Å². The van der Waals surface area contributed by atoms with Crippen molar-refractivity contribution in [1.29, 1.82) is 0 Å². The Balaban J connectivity index is 2.79. The van der Waals surface area contributed by atoms with Crippen LogP contribution in [0.2, 0.25) is 0 Å². The summed E-state index contributed by atoms with van der Waals surface area (Å²) in [6.45, 7) is 10.6. The van der Waals surface area contributed by atoms with Gasteiger partial charge in [0.25, 0.3) is 0 Å². The fourth-order valence-corrected chi connectivity index (χ4v) is 2.79. The van der Waals surface area contributed by atoms with E-state index in [-0.39, 0.29) is 12.2 Å². The zero-order valence-electron chi connectivity index (χ0n) is 16.1. The summed E-state index contributed by atoms with van der Waals surface area (Å²) in [5, 5.41) is 0. The summed E-state index contributed by atoms with van der Waals surface area (Å²) in [5.41, 5.74) is 2.89. The highest BCUT2D eigenvalue weighted by molar-refractivity contribution is 6.07. The van der Waals surface area contributed by atoms with Crippen molar-refractivity contribution >= 4 is 11.9 Å². The van der Waals surface area contributed by atoms with E-state index in [1.165, 1.54) is 0 Å². The number of rotatable bonds is 5. The molecule has 26 heavy (non-hydrogen) atoms. The number of esters is 2. The number of hydrogen-bond acceptors (Lipinski definition) is 5. The van der Waals surface area contributed by atoms with Crippen molar-refractivity contribution in [1.82, 2.24) is 4.98 Å². The van der Waals surface area contributed by atoms with Crippen molar-refractivity contribution in [3.05, 3.63) is 52.8 Å². The molecule has 1 aromatic heterocycles. The summed E-state index contributed by atoms with van der Waals surface area (Å²) in [4.78, 5) is 29.9. The van der Waals surface area contributed by atoms with E-state index in [0.29, 0.717) is 28.1 Å². The van der Waals surface area contributed by atoms with Crippen molar-refractivity contribution in [3.8, 4) is 11.1 Å². The molecule has 0 N–H and O–H groups in total. The van der Waals surface area contributed by atoms with Crippen LogP contribution in [0.15, 0.2) is 30.3 Å². The lowest BCUT2D eigenvalue weighted by molar-refractivity contribution is 0.0377. The van der Waals surface area contributed by atoms with Gasteiger partial charge in [-0.15, -0.1) is 0 Å². The molecule has 1 aromatic carbocycles. The molecule has 0 fully saturated rings. The van der Waals surface area contributed by atoms with E-state index in [4.69, 9.17) is 9.47 Å². The Bertz CT molecular complexity index is 764. The van der Waals surface area contributed by atoms with Gasteiger partial charge in [-0.2, -0.15) is 0 Å². The molecule has 0 radical (unpaired) electrons. The van der Waals surface area contributed by atoms with Crippen molar-refractivity contribution in [2.75, 3.05) is 0 Å². The van der Waals surface area contributed by atoms with Crippen LogP contribution in [-0.2, 0) is 9.47 Å². The molecule has 0 atom stereocenters. The summed E-state index contributed by atoms with van der Waals surface area (Å²) < 4.78 is 10.8. The van der Waals surface area contributed by atoms with Gasteiger partial charge in [0.15, 0.2) is 0 Å². The number of aromatic nitrogens is 1. The Hall–Kier alpha value is -2.69. The summed E-state index contributed by atoms with van der Waals surface area (Å²) in [6, 6.07) is 9.30. The molecule has 0 unspecified atom stereocenters. The summed E-state index contributed by atoms with van der Waals surface area (Å²) in [7, 11) is 0. The average Bonchev–Trinajstić information content (AvgIpc) is 2.53. The van der Waals surface area contributed by atoms with Crippen LogP contribution < -0.4 is 0 Å². The van der Waals surface area contributed by atoms with E-state index in [2.05, 4.69) is 4.98 Å². The molecule has 0 aliphatic carbocycles. The van der Waals surface area contributed by atoms with Gasteiger partial charge in [-0.05, 0) is 47.1 Å². The van der Waals surface area contributed by atoms with Crippen LogP contribution in [-0.4, -0.2) is 29.1 Å². The molecule has 0 amide bonds. The first-order valence-corrected chi connectivity index (χ1v) is 8.71. The third-order valence-corrected chi connectivity index (χ3v) is 3.72. The van der Waals surface area contributed by atoms with E-state index >= 15 is 0 Å². The number of ether oxygens (including phenoxy) is 2. The SMILES string of the molecule is Cc1nc(C)c(C(=O)OC(C)C)c(-c2ccccc2)c1C(=O)OC(C)C. The molecule has 2 aromatic rings. The first-order chi connectivity index (χ1) is 12.2. The summed E-state index contributed by atoms with van der Waals surface area (Å²) in [6.07, 6.45) is -0.559. The minimum absolute atomic E-state index is 0.280. The minimum atomic E-state index is -0.498. The maximum absolute atomic E-state index is 12.8. The van der Waals surface area contributed by atoms with Crippen LogP contribution in [0.5, 0.6) is 0 Å². The number of hydrogen-bond donors (Lipinski definition) is 0. The number of carbonyl (C=O) groups excluding carboxylic acids is 2. The molecule has 138 valence electrons. The number of pyridine rings is 1. The summed E-state index contributed by atoms with van der Waals surface area (Å²) in [5.74, 6) is -0.995. The van der Waals surface area contributed by atoms with Gasteiger partial charge < -0.3 is 9.47 Å². The Morgan fingerprint density at radius 3 is 1.62 bits per heavy atom. The van der Waals surface area contributed by atoms with Gasteiger partial charge in [0, 0.05) is 5.56 Å². The van der Waals surface area contributed by atoms with Crippen LogP contribution in [0.1, 0.15) is 59.8 Å². The molecule has 0 spiro atoms. The molecule has 5 nitrogen and oxygen atoms in total. The predicted octanol–water partition coefficient (Wildman–Crippen LogP) is 4.50. The third-order valence-electron chi connectivity index (χ3n) is 3.72. The van der Waals surface area contributed by atoms with Gasteiger partial charge in [-0.3, -0.25) is 4.98 Å². The van der Waals surface area contributed by atoms with Crippen LogP contribution >= 0.6 is 0 Å². The minimum Gasteiger partial charge on any atom is -0.459 e. The number of nitrogens with zero attached hydrogens (tertiary/aromatic N) is 1. The maximum Gasteiger partial charge on any atom is 0.340 e. The van der Waals surface area contributed by atoms with Gasteiger partial charge in [0.05, 0.1) is 34.7 Å². The fraction of sp³-hybridized carbons (Fsp3) is 0.381. The van der Waals surface area contributed by atoms with Crippen LogP contribution in [0.25, 0.3) is 11.1 Å². The number of aryl methyl sites for hydroxylation is 2. The molecule has 0 aliphatic heterocycles. The number of benzene rings is 1. The van der Waals surface area contributed by atoms with E-state index in [0.717, 1.165) is 5.56 Å². The average molecular weight is 355 g/mol. The van der Waals surface area contributed by atoms with Crippen molar-refractivity contribution in [2.24, 2.45) is 0 Å². The second-order valence-corrected chi connectivity index (χ2v) is 6.68. The molecule has 0 aliphatic rings. The van der Waals surface area contributed by atoms with Crippen LogP contribution in [0, 0.1) is 13.8 Å². The van der Waals surface area contributed by atoms with E-state index < -0.39 is 11.9 Å². The zero-order chi connectivity index (χ0) is 19.4. The predicted molar refractivity (Wildman–Crippen MR) is 100 cm³/mol. The molecular formula is C21H25NO4. The highest BCUT2D eigenvalue weighted by Gasteiger charge is 2.28. The van der Waals surface area contributed by atoms with Gasteiger partial charge >= 0.3 is 11.9 Å². The van der Waals surface area contributed by atoms with Crippen LogP contribution in [0.3, 0.4) is 0 Å². The molecule has 0 saturated carbocycles. The molecule has 0 saturated heterocycles. The van der Waals surface area contributed by atoms with E-state index in [1.807, 2.05) is 30.3 Å². The normalized spacial score (nSPS) is 10.9. The highest BCUT2D eigenvalue weighted by atomic mass is 16.5.